The highest BCUT2D eigenvalue weighted by molar-refractivity contribution is 6.32. The van der Waals surface area contributed by atoms with Crippen molar-refractivity contribution in [1.29, 1.82) is 0 Å². The van der Waals surface area contributed by atoms with Crippen LogP contribution in [0.1, 0.15) is 31.7 Å². The number of hydrogen-bond donors (Lipinski definition) is 2. The summed E-state index contributed by atoms with van der Waals surface area (Å²) in [4.78, 5) is 11.5. The predicted octanol–water partition coefficient (Wildman–Crippen LogP) is 2.50. The van der Waals surface area contributed by atoms with Crippen LogP contribution in [-0.4, -0.2) is 25.1 Å². The summed E-state index contributed by atoms with van der Waals surface area (Å²) >= 11 is 6.16. The first-order valence-corrected chi connectivity index (χ1v) is 7.48. The van der Waals surface area contributed by atoms with Crippen LogP contribution in [0.25, 0.3) is 0 Å². The number of benzene rings is 1. The minimum atomic E-state index is 0.0485. The molecule has 110 valence electrons. The third kappa shape index (κ3) is 5.02. The molecular weight excluding hydrogens is 276 g/mol. The van der Waals surface area contributed by atoms with Crippen molar-refractivity contribution in [3.8, 4) is 5.75 Å². The number of amides is 1. The lowest BCUT2D eigenvalue weighted by Crippen LogP contribution is -2.26. The van der Waals surface area contributed by atoms with Crippen molar-refractivity contribution >= 4 is 17.5 Å². The van der Waals surface area contributed by atoms with Crippen LogP contribution < -0.4 is 15.4 Å². The van der Waals surface area contributed by atoms with E-state index in [0.29, 0.717) is 29.8 Å². The SMILES string of the molecule is CCNCc1ccc(OCCC(=O)NC2CC2)c(Cl)c1. The van der Waals surface area contributed by atoms with Gasteiger partial charge in [-0.2, -0.15) is 0 Å². The molecule has 0 aromatic heterocycles. The quantitative estimate of drug-likeness (QED) is 0.775. The number of carbonyl (C=O) groups excluding carboxylic acids is 1. The molecule has 20 heavy (non-hydrogen) atoms. The summed E-state index contributed by atoms with van der Waals surface area (Å²) in [6.45, 7) is 4.13. The van der Waals surface area contributed by atoms with Crippen molar-refractivity contribution in [1.82, 2.24) is 10.6 Å². The Balaban J connectivity index is 1.75. The van der Waals surface area contributed by atoms with Gasteiger partial charge in [0.05, 0.1) is 18.1 Å². The van der Waals surface area contributed by atoms with Crippen molar-refractivity contribution in [2.75, 3.05) is 13.2 Å². The molecule has 1 aliphatic rings. The number of rotatable bonds is 8. The third-order valence-electron chi connectivity index (χ3n) is 3.10. The smallest absolute Gasteiger partial charge is 0.223 e. The zero-order chi connectivity index (χ0) is 14.4. The molecule has 1 aromatic carbocycles. The third-order valence-corrected chi connectivity index (χ3v) is 3.40. The van der Waals surface area contributed by atoms with E-state index in [0.717, 1.165) is 31.5 Å². The molecule has 1 aromatic rings. The Morgan fingerprint density at radius 1 is 1.45 bits per heavy atom. The molecule has 1 fully saturated rings. The lowest BCUT2D eigenvalue weighted by molar-refractivity contribution is -0.121. The first-order valence-electron chi connectivity index (χ1n) is 7.10. The Hall–Kier alpha value is -1.26. The molecule has 1 saturated carbocycles. The second-order valence-electron chi connectivity index (χ2n) is 4.99. The Kier molecular flexibility index (Phi) is 5.68. The van der Waals surface area contributed by atoms with Crippen LogP contribution in [0.15, 0.2) is 18.2 Å². The maximum Gasteiger partial charge on any atom is 0.223 e. The van der Waals surface area contributed by atoms with Crippen LogP contribution in [0.3, 0.4) is 0 Å². The van der Waals surface area contributed by atoms with Gasteiger partial charge in [-0.1, -0.05) is 24.6 Å². The molecule has 1 aliphatic carbocycles. The summed E-state index contributed by atoms with van der Waals surface area (Å²) < 4.78 is 5.56. The van der Waals surface area contributed by atoms with Crippen LogP contribution in [-0.2, 0) is 11.3 Å². The van der Waals surface area contributed by atoms with Gasteiger partial charge < -0.3 is 15.4 Å². The lowest BCUT2D eigenvalue weighted by atomic mass is 10.2. The summed E-state index contributed by atoms with van der Waals surface area (Å²) in [6, 6.07) is 6.13. The first kappa shape index (κ1) is 15.1. The summed E-state index contributed by atoms with van der Waals surface area (Å²) in [5.74, 6) is 0.679. The summed E-state index contributed by atoms with van der Waals surface area (Å²) in [7, 11) is 0. The van der Waals surface area contributed by atoms with Crippen LogP contribution in [0, 0.1) is 0 Å². The van der Waals surface area contributed by atoms with E-state index in [1.54, 1.807) is 0 Å². The highest BCUT2D eigenvalue weighted by Crippen LogP contribution is 2.25. The van der Waals surface area contributed by atoms with Crippen LogP contribution in [0.2, 0.25) is 5.02 Å². The van der Waals surface area contributed by atoms with Crippen molar-refractivity contribution < 1.29 is 9.53 Å². The van der Waals surface area contributed by atoms with Gasteiger partial charge >= 0.3 is 0 Å². The second-order valence-corrected chi connectivity index (χ2v) is 5.39. The van der Waals surface area contributed by atoms with Gasteiger partial charge in [-0.15, -0.1) is 0 Å². The van der Waals surface area contributed by atoms with Gasteiger partial charge in [0.25, 0.3) is 0 Å². The highest BCUT2D eigenvalue weighted by atomic mass is 35.5. The molecule has 0 aliphatic heterocycles. The van der Waals surface area contributed by atoms with E-state index >= 15 is 0 Å². The minimum Gasteiger partial charge on any atom is -0.491 e. The molecule has 1 amide bonds. The van der Waals surface area contributed by atoms with Gasteiger partial charge in [-0.25, -0.2) is 0 Å². The van der Waals surface area contributed by atoms with E-state index in [1.807, 2.05) is 18.2 Å². The van der Waals surface area contributed by atoms with Gasteiger partial charge in [0.2, 0.25) is 5.91 Å². The maximum absolute atomic E-state index is 11.5. The van der Waals surface area contributed by atoms with Crippen LogP contribution in [0.4, 0.5) is 0 Å². The van der Waals surface area contributed by atoms with Crippen molar-refractivity contribution in [3.05, 3.63) is 28.8 Å². The molecule has 0 heterocycles. The highest BCUT2D eigenvalue weighted by Gasteiger charge is 2.22. The molecular formula is C15H21ClN2O2. The van der Waals surface area contributed by atoms with E-state index in [4.69, 9.17) is 16.3 Å². The van der Waals surface area contributed by atoms with Gasteiger partial charge in [-0.05, 0) is 37.1 Å². The average Bonchev–Trinajstić information content (AvgIpc) is 3.22. The molecule has 0 spiro atoms. The van der Waals surface area contributed by atoms with E-state index in [-0.39, 0.29) is 5.91 Å². The largest absolute Gasteiger partial charge is 0.491 e. The van der Waals surface area contributed by atoms with Crippen molar-refractivity contribution in [3.63, 3.8) is 0 Å². The fraction of sp³-hybridized carbons (Fsp3) is 0.533. The molecule has 4 nitrogen and oxygen atoms in total. The zero-order valence-corrected chi connectivity index (χ0v) is 12.5. The maximum atomic E-state index is 11.5. The number of carbonyl (C=O) groups is 1. The Labute approximate surface area is 124 Å². The lowest BCUT2D eigenvalue weighted by Gasteiger charge is -2.10. The van der Waals surface area contributed by atoms with Crippen molar-refractivity contribution in [2.24, 2.45) is 0 Å². The molecule has 0 saturated heterocycles. The molecule has 5 heteroatoms. The molecule has 0 bridgehead atoms. The summed E-state index contributed by atoms with van der Waals surface area (Å²) in [6.07, 6.45) is 2.57. The molecule has 2 rings (SSSR count). The van der Waals surface area contributed by atoms with E-state index < -0.39 is 0 Å². The number of hydrogen-bond acceptors (Lipinski definition) is 3. The first-order chi connectivity index (χ1) is 9.69. The summed E-state index contributed by atoms with van der Waals surface area (Å²) in [5.41, 5.74) is 1.12. The van der Waals surface area contributed by atoms with Crippen molar-refractivity contribution in [2.45, 2.75) is 38.8 Å². The Morgan fingerprint density at radius 3 is 2.90 bits per heavy atom. The van der Waals surface area contributed by atoms with Gasteiger partial charge in [0.1, 0.15) is 5.75 Å². The zero-order valence-electron chi connectivity index (χ0n) is 11.7. The van der Waals surface area contributed by atoms with Gasteiger partial charge in [0.15, 0.2) is 0 Å². The summed E-state index contributed by atoms with van der Waals surface area (Å²) in [5, 5.41) is 6.75. The fourth-order valence-corrected chi connectivity index (χ4v) is 2.08. The molecule has 0 radical (unpaired) electrons. The predicted molar refractivity (Wildman–Crippen MR) is 80.1 cm³/mol. The molecule has 2 N–H and O–H groups in total. The van der Waals surface area contributed by atoms with Gasteiger partial charge in [-0.3, -0.25) is 4.79 Å². The average molecular weight is 297 g/mol. The van der Waals surface area contributed by atoms with E-state index in [2.05, 4.69) is 17.6 Å². The van der Waals surface area contributed by atoms with Gasteiger partial charge in [0, 0.05) is 12.6 Å². The van der Waals surface area contributed by atoms with Crippen LogP contribution >= 0.6 is 11.6 Å². The fourth-order valence-electron chi connectivity index (χ4n) is 1.82. The van der Waals surface area contributed by atoms with Crippen LogP contribution in [0.5, 0.6) is 5.75 Å². The standard InChI is InChI=1S/C15H21ClN2O2/c1-2-17-10-11-3-6-14(13(16)9-11)20-8-7-15(19)18-12-4-5-12/h3,6,9,12,17H,2,4-5,7-8,10H2,1H3,(H,18,19). The topological polar surface area (TPSA) is 50.4 Å². The second kappa shape index (κ2) is 7.50. The molecule has 0 atom stereocenters. The van der Waals surface area contributed by atoms with E-state index in [9.17, 15) is 4.79 Å². The minimum absolute atomic E-state index is 0.0485. The Morgan fingerprint density at radius 2 is 2.25 bits per heavy atom. The molecule has 0 unspecified atom stereocenters. The number of ether oxygens (including phenoxy) is 1. The Bertz CT molecular complexity index is 461. The monoisotopic (exact) mass is 296 g/mol. The number of halogens is 1. The van der Waals surface area contributed by atoms with E-state index in [1.165, 1.54) is 0 Å². The normalized spacial score (nSPS) is 14.1. The number of nitrogens with one attached hydrogen (secondary N) is 2.